The molecule has 0 aliphatic rings. The lowest BCUT2D eigenvalue weighted by atomic mass is 10.1. The van der Waals surface area contributed by atoms with Crippen LogP contribution in [0.25, 0.3) is 0 Å². The van der Waals surface area contributed by atoms with Crippen molar-refractivity contribution in [2.75, 3.05) is 6.54 Å². The Labute approximate surface area is 102 Å². The number of hydrogen-bond donors (Lipinski definition) is 4. The molecule has 0 saturated carbocycles. The fraction of sp³-hybridized carbons (Fsp3) is 0.400. The molecule has 0 aliphatic carbocycles. The maximum absolute atomic E-state index is 10.8. The minimum Gasteiger partial charge on any atom is -0.477 e. The molecule has 1 rings (SSSR count). The Hall–Kier alpha value is -1.44. The van der Waals surface area contributed by atoms with Crippen LogP contribution < -0.4 is 5.32 Å². The number of carboxylic acid groups (broad SMARTS) is 1. The normalized spacial score (nSPS) is 14.1. The van der Waals surface area contributed by atoms with Gasteiger partial charge in [-0.1, -0.05) is 0 Å². The number of amides is 1. The third-order valence-corrected chi connectivity index (χ3v) is 3.05. The summed E-state index contributed by atoms with van der Waals surface area (Å²) in [5.41, 5.74) is 0.153. The Bertz CT molecular complexity index is 417. The van der Waals surface area contributed by atoms with Crippen LogP contribution in [-0.2, 0) is 4.79 Å². The number of rotatable bonds is 5. The summed E-state index contributed by atoms with van der Waals surface area (Å²) in [7, 11) is 0. The number of aromatic carboxylic acids is 1. The van der Waals surface area contributed by atoms with E-state index in [9.17, 15) is 19.8 Å². The fourth-order valence-electron chi connectivity index (χ4n) is 1.29. The summed E-state index contributed by atoms with van der Waals surface area (Å²) in [6, 6.07) is 1.44. The summed E-state index contributed by atoms with van der Waals surface area (Å²) in [6.07, 6.45) is -2.58. The first-order valence-electron chi connectivity index (χ1n) is 4.84. The molecule has 17 heavy (non-hydrogen) atoms. The molecule has 0 radical (unpaired) electrons. The van der Waals surface area contributed by atoms with Crippen LogP contribution in [-0.4, -0.2) is 39.8 Å². The Morgan fingerprint density at radius 2 is 2.12 bits per heavy atom. The SMILES string of the molecule is CC(=O)NCC(O)C(O)c1ccsc1C(=O)O. The maximum atomic E-state index is 10.8. The van der Waals surface area contributed by atoms with Crippen LogP contribution in [0.4, 0.5) is 0 Å². The molecular formula is C10H13NO5S. The van der Waals surface area contributed by atoms with Crippen LogP contribution in [0.3, 0.4) is 0 Å². The van der Waals surface area contributed by atoms with Gasteiger partial charge in [0, 0.05) is 19.0 Å². The van der Waals surface area contributed by atoms with E-state index in [0.717, 1.165) is 11.3 Å². The lowest BCUT2D eigenvalue weighted by Crippen LogP contribution is -2.34. The van der Waals surface area contributed by atoms with Crippen LogP contribution >= 0.6 is 11.3 Å². The average Bonchev–Trinajstić information content (AvgIpc) is 2.73. The number of carboxylic acids is 1. The zero-order valence-corrected chi connectivity index (χ0v) is 9.90. The van der Waals surface area contributed by atoms with Crippen molar-refractivity contribution in [3.63, 3.8) is 0 Å². The van der Waals surface area contributed by atoms with Gasteiger partial charge in [0.1, 0.15) is 17.1 Å². The molecule has 1 amide bonds. The second kappa shape index (κ2) is 5.76. The molecule has 0 spiro atoms. The van der Waals surface area contributed by atoms with Gasteiger partial charge in [-0.2, -0.15) is 0 Å². The number of carbonyl (C=O) groups is 2. The maximum Gasteiger partial charge on any atom is 0.346 e. The zero-order chi connectivity index (χ0) is 13.0. The van der Waals surface area contributed by atoms with Crippen molar-refractivity contribution in [3.8, 4) is 0 Å². The van der Waals surface area contributed by atoms with Crippen molar-refractivity contribution >= 4 is 23.2 Å². The van der Waals surface area contributed by atoms with Crippen molar-refractivity contribution in [2.45, 2.75) is 19.1 Å². The van der Waals surface area contributed by atoms with Gasteiger partial charge in [0.25, 0.3) is 0 Å². The van der Waals surface area contributed by atoms with E-state index in [4.69, 9.17) is 5.11 Å². The van der Waals surface area contributed by atoms with Crippen molar-refractivity contribution in [1.29, 1.82) is 0 Å². The minimum absolute atomic E-state index is 0.0145. The number of carbonyl (C=O) groups excluding carboxylic acids is 1. The van der Waals surface area contributed by atoms with Gasteiger partial charge in [-0.25, -0.2) is 4.79 Å². The first kappa shape index (κ1) is 13.6. The van der Waals surface area contributed by atoms with E-state index in [1.165, 1.54) is 18.4 Å². The topological polar surface area (TPSA) is 107 Å². The quantitative estimate of drug-likeness (QED) is 0.594. The summed E-state index contributed by atoms with van der Waals surface area (Å²) in [4.78, 5) is 21.4. The molecule has 4 N–H and O–H groups in total. The molecule has 1 aromatic rings. The lowest BCUT2D eigenvalue weighted by Gasteiger charge is -2.17. The predicted molar refractivity (Wildman–Crippen MR) is 60.9 cm³/mol. The predicted octanol–water partition coefficient (Wildman–Crippen LogP) is -0.0233. The van der Waals surface area contributed by atoms with E-state index < -0.39 is 18.2 Å². The Morgan fingerprint density at radius 1 is 1.47 bits per heavy atom. The summed E-state index contributed by atoms with van der Waals surface area (Å²) in [5, 5.41) is 32.1. The summed E-state index contributed by atoms with van der Waals surface area (Å²) in [6.45, 7) is 1.15. The highest BCUT2D eigenvalue weighted by atomic mass is 32.1. The van der Waals surface area contributed by atoms with Crippen LogP contribution in [0.15, 0.2) is 11.4 Å². The van der Waals surface area contributed by atoms with E-state index in [0.29, 0.717) is 0 Å². The largest absolute Gasteiger partial charge is 0.477 e. The van der Waals surface area contributed by atoms with E-state index in [1.54, 1.807) is 0 Å². The van der Waals surface area contributed by atoms with E-state index in [2.05, 4.69) is 5.32 Å². The number of nitrogens with one attached hydrogen (secondary N) is 1. The highest BCUT2D eigenvalue weighted by Crippen LogP contribution is 2.25. The third-order valence-electron chi connectivity index (χ3n) is 2.13. The Kier molecular flexibility index (Phi) is 4.62. The van der Waals surface area contributed by atoms with Gasteiger partial charge in [0.2, 0.25) is 5.91 Å². The molecule has 0 bridgehead atoms. The van der Waals surface area contributed by atoms with Gasteiger partial charge in [0.15, 0.2) is 0 Å². The third kappa shape index (κ3) is 3.52. The minimum atomic E-state index is -1.33. The van der Waals surface area contributed by atoms with Gasteiger partial charge in [-0.05, 0) is 11.4 Å². The van der Waals surface area contributed by atoms with Crippen LogP contribution in [0, 0.1) is 0 Å². The highest BCUT2D eigenvalue weighted by molar-refractivity contribution is 7.12. The van der Waals surface area contributed by atoms with Gasteiger partial charge in [-0.15, -0.1) is 11.3 Å². The Balaban J connectivity index is 2.74. The number of aliphatic hydroxyl groups excluding tert-OH is 2. The summed E-state index contributed by atoms with van der Waals surface area (Å²) >= 11 is 0.970. The fourth-order valence-corrected chi connectivity index (χ4v) is 2.07. The van der Waals surface area contributed by atoms with E-state index in [1.807, 2.05) is 0 Å². The molecular weight excluding hydrogens is 246 g/mol. The van der Waals surface area contributed by atoms with Crippen LogP contribution in [0.2, 0.25) is 0 Å². The van der Waals surface area contributed by atoms with Crippen LogP contribution in [0.1, 0.15) is 28.3 Å². The van der Waals surface area contributed by atoms with Crippen LogP contribution in [0.5, 0.6) is 0 Å². The van der Waals surface area contributed by atoms with Gasteiger partial charge in [0.05, 0.1) is 0 Å². The smallest absolute Gasteiger partial charge is 0.346 e. The monoisotopic (exact) mass is 259 g/mol. The highest BCUT2D eigenvalue weighted by Gasteiger charge is 2.24. The van der Waals surface area contributed by atoms with Gasteiger partial charge in [-0.3, -0.25) is 4.79 Å². The average molecular weight is 259 g/mol. The van der Waals surface area contributed by atoms with Crippen molar-refractivity contribution in [1.82, 2.24) is 5.32 Å². The summed E-state index contributed by atoms with van der Waals surface area (Å²) in [5.74, 6) is -1.49. The molecule has 6 nitrogen and oxygen atoms in total. The van der Waals surface area contributed by atoms with Crippen molar-refractivity contribution < 1.29 is 24.9 Å². The van der Waals surface area contributed by atoms with E-state index in [-0.39, 0.29) is 22.9 Å². The first-order chi connectivity index (χ1) is 7.93. The van der Waals surface area contributed by atoms with Gasteiger partial charge >= 0.3 is 5.97 Å². The molecule has 7 heteroatoms. The molecule has 2 atom stereocenters. The van der Waals surface area contributed by atoms with Crippen molar-refractivity contribution in [2.24, 2.45) is 0 Å². The van der Waals surface area contributed by atoms with E-state index >= 15 is 0 Å². The zero-order valence-electron chi connectivity index (χ0n) is 9.08. The molecule has 0 saturated heterocycles. The lowest BCUT2D eigenvalue weighted by molar-refractivity contribution is -0.119. The molecule has 0 aliphatic heterocycles. The number of aliphatic hydroxyl groups is 2. The molecule has 2 unspecified atom stereocenters. The standard InChI is InChI=1S/C10H13NO5S/c1-5(12)11-4-7(13)8(14)6-2-3-17-9(6)10(15)16/h2-3,7-8,13-14H,4H2,1H3,(H,11,12)(H,15,16). The second-order valence-corrected chi connectivity index (χ2v) is 4.38. The second-order valence-electron chi connectivity index (χ2n) is 3.46. The van der Waals surface area contributed by atoms with Crippen molar-refractivity contribution in [3.05, 3.63) is 21.9 Å². The molecule has 94 valence electrons. The Morgan fingerprint density at radius 3 is 2.65 bits per heavy atom. The number of hydrogen-bond acceptors (Lipinski definition) is 5. The molecule has 1 heterocycles. The molecule has 0 fully saturated rings. The molecule has 1 aromatic heterocycles. The summed E-state index contributed by atoms with van der Waals surface area (Å²) < 4.78 is 0. The van der Waals surface area contributed by atoms with Gasteiger partial charge < -0.3 is 20.6 Å². The first-order valence-corrected chi connectivity index (χ1v) is 5.72. The number of thiophene rings is 1. The molecule has 0 aromatic carbocycles.